The van der Waals surface area contributed by atoms with Crippen LogP contribution in [0.2, 0.25) is 0 Å². The fourth-order valence-corrected chi connectivity index (χ4v) is 4.67. The average Bonchev–Trinajstić information content (AvgIpc) is 3.05. The van der Waals surface area contributed by atoms with E-state index in [0.29, 0.717) is 48.3 Å². The fraction of sp³-hybridized carbons (Fsp3) is 0.476. The molecule has 2 aliphatic rings. The van der Waals surface area contributed by atoms with Crippen molar-refractivity contribution in [1.29, 1.82) is 0 Å². The van der Waals surface area contributed by atoms with Crippen molar-refractivity contribution in [3.8, 4) is 0 Å². The van der Waals surface area contributed by atoms with Crippen LogP contribution in [0.5, 0.6) is 0 Å². The molecule has 1 aromatic carbocycles. The third-order valence-electron chi connectivity index (χ3n) is 6.05. The van der Waals surface area contributed by atoms with Crippen molar-refractivity contribution < 1.29 is 14.3 Å². The van der Waals surface area contributed by atoms with Gasteiger partial charge in [0.1, 0.15) is 18.0 Å². The molecular formula is C21H25BrFN5O2. The predicted octanol–water partition coefficient (Wildman–Crippen LogP) is 2.31. The summed E-state index contributed by atoms with van der Waals surface area (Å²) in [6.07, 6.45) is 1.61. The molecule has 0 unspecified atom stereocenters. The molecule has 7 nitrogen and oxygen atoms in total. The molecule has 3 N–H and O–H groups in total. The summed E-state index contributed by atoms with van der Waals surface area (Å²) in [6.45, 7) is 4.52. The first-order chi connectivity index (χ1) is 14.4. The van der Waals surface area contributed by atoms with Gasteiger partial charge < -0.3 is 20.6 Å². The van der Waals surface area contributed by atoms with E-state index in [9.17, 15) is 14.3 Å². The molecule has 3 atom stereocenters. The van der Waals surface area contributed by atoms with E-state index in [4.69, 9.17) is 5.73 Å². The smallest absolute Gasteiger partial charge is 0.231 e. The number of amides is 1. The highest BCUT2D eigenvalue weighted by atomic mass is 79.9. The zero-order chi connectivity index (χ0) is 21.4. The molecule has 0 saturated carbocycles. The molecule has 1 aliphatic carbocycles. The molecule has 0 bridgehead atoms. The first-order valence-electron chi connectivity index (χ1n) is 10.1. The second-order valence-electron chi connectivity index (χ2n) is 7.92. The van der Waals surface area contributed by atoms with E-state index in [2.05, 4.69) is 37.7 Å². The highest BCUT2D eigenvalue weighted by Gasteiger charge is 2.34. The van der Waals surface area contributed by atoms with Gasteiger partial charge in [0.05, 0.1) is 22.2 Å². The van der Waals surface area contributed by atoms with Crippen LogP contribution >= 0.6 is 15.9 Å². The molecule has 1 aliphatic heterocycles. The quantitative estimate of drug-likeness (QED) is 0.701. The molecule has 4 rings (SSSR count). The van der Waals surface area contributed by atoms with Gasteiger partial charge in [0.2, 0.25) is 5.91 Å². The van der Waals surface area contributed by atoms with Crippen molar-refractivity contribution in [3.63, 3.8) is 0 Å². The number of benzene rings is 1. The third kappa shape index (κ3) is 3.81. The summed E-state index contributed by atoms with van der Waals surface area (Å²) in [5.74, 6) is -0.0213. The second kappa shape index (κ2) is 8.56. The lowest BCUT2D eigenvalue weighted by Gasteiger charge is -2.37. The van der Waals surface area contributed by atoms with Gasteiger partial charge in [0.25, 0.3) is 0 Å². The number of aromatic nitrogens is 2. The largest absolute Gasteiger partial charge is 0.387 e. The number of aliphatic hydroxyl groups is 1. The van der Waals surface area contributed by atoms with E-state index in [1.807, 2.05) is 0 Å². The van der Waals surface area contributed by atoms with Crippen LogP contribution < -0.4 is 10.6 Å². The first kappa shape index (κ1) is 21.1. The second-order valence-corrected chi connectivity index (χ2v) is 8.78. The Kier molecular flexibility index (Phi) is 6.04. The Balaban J connectivity index is 1.47. The summed E-state index contributed by atoms with van der Waals surface area (Å²) < 4.78 is 14.3. The van der Waals surface area contributed by atoms with Gasteiger partial charge in [-0.1, -0.05) is 13.0 Å². The lowest BCUT2D eigenvalue weighted by Crippen LogP contribution is -2.51. The number of aliphatic hydroxyl groups excluding tert-OH is 1. The minimum Gasteiger partial charge on any atom is -0.387 e. The third-order valence-corrected chi connectivity index (χ3v) is 6.69. The Bertz CT molecular complexity index is 951. The zero-order valence-corrected chi connectivity index (χ0v) is 18.3. The minimum absolute atomic E-state index is 0.0874. The van der Waals surface area contributed by atoms with Crippen LogP contribution in [0, 0.1) is 5.82 Å². The van der Waals surface area contributed by atoms with Crippen molar-refractivity contribution in [1.82, 2.24) is 14.9 Å². The van der Waals surface area contributed by atoms with Gasteiger partial charge in [0, 0.05) is 38.3 Å². The average molecular weight is 478 g/mol. The van der Waals surface area contributed by atoms with Gasteiger partial charge in [-0.05, 0) is 46.0 Å². The highest BCUT2D eigenvalue weighted by molar-refractivity contribution is 9.10. The lowest BCUT2D eigenvalue weighted by molar-refractivity contribution is -0.132. The van der Waals surface area contributed by atoms with Crippen molar-refractivity contribution in [2.24, 2.45) is 5.73 Å². The highest BCUT2D eigenvalue weighted by Crippen LogP contribution is 2.42. The minimum atomic E-state index is -0.572. The molecule has 160 valence electrons. The molecule has 1 saturated heterocycles. The number of rotatable bonds is 4. The van der Waals surface area contributed by atoms with E-state index in [-0.39, 0.29) is 18.4 Å². The summed E-state index contributed by atoms with van der Waals surface area (Å²) in [4.78, 5) is 25.8. The Morgan fingerprint density at radius 3 is 2.73 bits per heavy atom. The molecule has 2 heterocycles. The summed E-state index contributed by atoms with van der Waals surface area (Å²) in [5.41, 5.74) is 8.18. The lowest BCUT2D eigenvalue weighted by atomic mass is 9.97. The van der Waals surface area contributed by atoms with Gasteiger partial charge in [-0.15, -0.1) is 0 Å². The molecule has 1 aromatic heterocycles. The Morgan fingerprint density at radius 1 is 1.33 bits per heavy atom. The number of halogens is 2. The van der Waals surface area contributed by atoms with Crippen molar-refractivity contribution in [3.05, 3.63) is 51.6 Å². The number of carbonyl (C=O) groups is 1. The van der Waals surface area contributed by atoms with Gasteiger partial charge in [-0.25, -0.2) is 14.4 Å². The first-order valence-corrected chi connectivity index (χ1v) is 10.9. The SMILES string of the molecule is C[C@@H]1C[C@H](O)c2ncnc(N3CCN(C(=O)[C@H](CN)c4ccc(Br)c(F)c4)CC3)c21. The monoisotopic (exact) mass is 477 g/mol. The maximum absolute atomic E-state index is 13.9. The number of anilines is 1. The normalized spacial score (nSPS) is 22.2. The van der Waals surface area contributed by atoms with Crippen molar-refractivity contribution in [2.75, 3.05) is 37.6 Å². The summed E-state index contributed by atoms with van der Waals surface area (Å²) in [5, 5.41) is 10.2. The number of carbonyl (C=O) groups excluding carboxylic acids is 1. The van der Waals surface area contributed by atoms with Crippen LogP contribution in [-0.2, 0) is 4.79 Å². The fourth-order valence-electron chi connectivity index (χ4n) is 4.42. The number of hydrogen-bond acceptors (Lipinski definition) is 6. The van der Waals surface area contributed by atoms with Crippen LogP contribution in [-0.4, -0.2) is 58.6 Å². The summed E-state index contributed by atoms with van der Waals surface area (Å²) >= 11 is 3.14. The number of hydrogen-bond donors (Lipinski definition) is 2. The van der Waals surface area contributed by atoms with Gasteiger partial charge >= 0.3 is 0 Å². The topological polar surface area (TPSA) is 95.6 Å². The Labute approximate surface area is 183 Å². The van der Waals surface area contributed by atoms with E-state index in [1.165, 1.54) is 12.4 Å². The van der Waals surface area contributed by atoms with Crippen LogP contribution in [0.25, 0.3) is 0 Å². The van der Waals surface area contributed by atoms with Gasteiger partial charge in [-0.2, -0.15) is 0 Å². The maximum atomic E-state index is 13.9. The zero-order valence-electron chi connectivity index (χ0n) is 16.8. The van der Waals surface area contributed by atoms with E-state index in [0.717, 1.165) is 11.4 Å². The van der Waals surface area contributed by atoms with E-state index < -0.39 is 17.8 Å². The Morgan fingerprint density at radius 2 is 2.07 bits per heavy atom. The van der Waals surface area contributed by atoms with Crippen molar-refractivity contribution in [2.45, 2.75) is 31.3 Å². The molecule has 0 radical (unpaired) electrons. The van der Waals surface area contributed by atoms with E-state index >= 15 is 0 Å². The summed E-state index contributed by atoms with van der Waals surface area (Å²) in [7, 11) is 0. The number of piperazine rings is 1. The van der Waals surface area contributed by atoms with Crippen LogP contribution in [0.1, 0.15) is 48.1 Å². The standard InChI is InChI=1S/C21H25BrFN5O2/c1-12-8-17(29)19-18(12)20(26-11-25-19)27-4-6-28(7-5-27)21(30)14(10-24)13-2-3-15(22)16(23)9-13/h2-3,9,11-12,14,17,29H,4-8,10,24H2,1H3/t12-,14-,17+/m1/s1. The molecule has 2 aromatic rings. The summed E-state index contributed by atoms with van der Waals surface area (Å²) in [6, 6.07) is 4.70. The molecule has 9 heteroatoms. The molecular weight excluding hydrogens is 453 g/mol. The van der Waals surface area contributed by atoms with Gasteiger partial charge in [-0.3, -0.25) is 4.79 Å². The van der Waals surface area contributed by atoms with Crippen LogP contribution in [0.3, 0.4) is 0 Å². The number of nitrogens with two attached hydrogens (primary N) is 1. The van der Waals surface area contributed by atoms with Crippen LogP contribution in [0.15, 0.2) is 29.0 Å². The predicted molar refractivity (Wildman–Crippen MR) is 115 cm³/mol. The number of nitrogens with zero attached hydrogens (tertiary/aromatic N) is 4. The molecule has 30 heavy (non-hydrogen) atoms. The maximum Gasteiger partial charge on any atom is 0.231 e. The van der Waals surface area contributed by atoms with Crippen LogP contribution in [0.4, 0.5) is 10.2 Å². The van der Waals surface area contributed by atoms with Crippen molar-refractivity contribution >= 4 is 27.7 Å². The Hall–Kier alpha value is -2.10. The molecule has 1 amide bonds. The van der Waals surface area contributed by atoms with E-state index in [1.54, 1.807) is 17.0 Å². The van der Waals surface area contributed by atoms with Gasteiger partial charge in [0.15, 0.2) is 0 Å². The molecule has 0 spiro atoms. The molecule has 1 fully saturated rings. The number of fused-ring (bicyclic) bond motifs is 1.